The van der Waals surface area contributed by atoms with Gasteiger partial charge in [-0.15, -0.1) is 0 Å². The van der Waals surface area contributed by atoms with Crippen LogP contribution in [0.1, 0.15) is 18.9 Å². The first-order valence-corrected chi connectivity index (χ1v) is 8.73. The van der Waals surface area contributed by atoms with Gasteiger partial charge in [-0.2, -0.15) is 4.31 Å². The molecule has 1 aromatic carbocycles. The van der Waals surface area contributed by atoms with Gasteiger partial charge in [0.1, 0.15) is 9.88 Å². The van der Waals surface area contributed by atoms with Gasteiger partial charge < -0.3 is 10.8 Å². The normalized spacial score (nSPS) is 21.4. The first-order chi connectivity index (χ1) is 9.73. The number of nitrogens with zero attached hydrogens (tertiary/aromatic N) is 1. The maximum Gasteiger partial charge on any atom is 0.244 e. The molecular formula is C13H17ClN2O3S2. The van der Waals surface area contributed by atoms with Gasteiger partial charge in [0.05, 0.1) is 11.1 Å². The third kappa shape index (κ3) is 3.37. The highest BCUT2D eigenvalue weighted by Crippen LogP contribution is 2.30. The summed E-state index contributed by atoms with van der Waals surface area (Å²) in [6.07, 6.45) is 0.108. The lowest BCUT2D eigenvalue weighted by Crippen LogP contribution is -2.30. The largest absolute Gasteiger partial charge is 0.393 e. The zero-order valence-corrected chi connectivity index (χ0v) is 13.9. The van der Waals surface area contributed by atoms with Crippen LogP contribution in [0.2, 0.25) is 5.02 Å². The van der Waals surface area contributed by atoms with E-state index in [0.29, 0.717) is 25.1 Å². The Bertz CT molecular complexity index is 661. The first kappa shape index (κ1) is 16.6. The van der Waals surface area contributed by atoms with Gasteiger partial charge in [0, 0.05) is 18.7 Å². The molecule has 2 unspecified atom stereocenters. The second-order valence-corrected chi connectivity index (χ2v) is 7.92. The van der Waals surface area contributed by atoms with E-state index in [-0.39, 0.29) is 20.8 Å². The van der Waals surface area contributed by atoms with Gasteiger partial charge in [-0.25, -0.2) is 8.42 Å². The first-order valence-electron chi connectivity index (χ1n) is 6.51. The number of rotatable bonds is 4. The molecule has 3 N–H and O–H groups in total. The highest BCUT2D eigenvalue weighted by Gasteiger charge is 2.35. The van der Waals surface area contributed by atoms with E-state index in [2.05, 4.69) is 0 Å². The Kier molecular flexibility index (Phi) is 4.89. The predicted molar refractivity (Wildman–Crippen MR) is 85.9 cm³/mol. The number of hydrogen-bond acceptors (Lipinski definition) is 4. The number of benzene rings is 1. The molecule has 1 aliphatic heterocycles. The minimum Gasteiger partial charge on any atom is -0.393 e. The molecular weight excluding hydrogens is 332 g/mol. The van der Waals surface area contributed by atoms with Crippen LogP contribution in [-0.2, 0) is 10.0 Å². The number of aliphatic hydroxyl groups is 1. The number of hydrogen-bond donors (Lipinski definition) is 2. The highest BCUT2D eigenvalue weighted by molar-refractivity contribution is 7.89. The summed E-state index contributed by atoms with van der Waals surface area (Å²) in [5.74, 6) is -0.0468. The maximum atomic E-state index is 12.6. The monoisotopic (exact) mass is 348 g/mol. The lowest BCUT2D eigenvalue weighted by molar-refractivity contribution is 0.133. The van der Waals surface area contributed by atoms with E-state index in [0.717, 1.165) is 0 Å². The zero-order valence-electron chi connectivity index (χ0n) is 11.5. The molecule has 1 aromatic rings. The van der Waals surface area contributed by atoms with E-state index < -0.39 is 16.1 Å². The Labute approximate surface area is 134 Å². The molecule has 0 radical (unpaired) electrons. The summed E-state index contributed by atoms with van der Waals surface area (Å²) in [7, 11) is -3.67. The number of aliphatic hydroxyl groups excluding tert-OH is 1. The van der Waals surface area contributed by atoms with Crippen LogP contribution >= 0.6 is 23.8 Å². The van der Waals surface area contributed by atoms with Crippen molar-refractivity contribution in [2.45, 2.75) is 24.3 Å². The van der Waals surface area contributed by atoms with Crippen LogP contribution in [0.15, 0.2) is 23.1 Å². The van der Waals surface area contributed by atoms with E-state index in [4.69, 9.17) is 29.6 Å². The fourth-order valence-electron chi connectivity index (χ4n) is 2.37. The lowest BCUT2D eigenvalue weighted by atomic mass is 10.0. The summed E-state index contributed by atoms with van der Waals surface area (Å²) >= 11 is 10.9. The minimum absolute atomic E-state index is 0.0374. The van der Waals surface area contributed by atoms with Crippen molar-refractivity contribution in [3.63, 3.8) is 0 Å². The number of nitrogens with two attached hydrogens (primary N) is 1. The molecule has 21 heavy (non-hydrogen) atoms. The Balaban J connectivity index is 2.31. The maximum absolute atomic E-state index is 12.6. The molecule has 2 atom stereocenters. The molecule has 0 amide bonds. The van der Waals surface area contributed by atoms with Crippen molar-refractivity contribution in [1.29, 1.82) is 0 Å². The second-order valence-electron chi connectivity index (χ2n) is 5.16. The van der Waals surface area contributed by atoms with Crippen molar-refractivity contribution in [2.24, 2.45) is 11.7 Å². The molecule has 5 nitrogen and oxygen atoms in total. The summed E-state index contributed by atoms with van der Waals surface area (Å²) in [5.41, 5.74) is 6.03. The Morgan fingerprint density at radius 3 is 2.71 bits per heavy atom. The molecule has 1 heterocycles. The molecule has 116 valence electrons. The lowest BCUT2D eigenvalue weighted by Gasteiger charge is -2.18. The van der Waals surface area contributed by atoms with Crippen LogP contribution in [0, 0.1) is 5.92 Å². The van der Waals surface area contributed by atoms with E-state index >= 15 is 0 Å². The number of thiocarbonyl (C=S) groups is 1. The van der Waals surface area contributed by atoms with E-state index in [9.17, 15) is 13.5 Å². The average molecular weight is 349 g/mol. The van der Waals surface area contributed by atoms with Gasteiger partial charge in [0.15, 0.2) is 0 Å². The molecule has 1 saturated heterocycles. The van der Waals surface area contributed by atoms with E-state index in [1.165, 1.54) is 16.4 Å². The molecule has 0 aromatic heterocycles. The van der Waals surface area contributed by atoms with Crippen molar-refractivity contribution >= 4 is 38.8 Å². The van der Waals surface area contributed by atoms with Crippen molar-refractivity contribution < 1.29 is 13.5 Å². The van der Waals surface area contributed by atoms with Crippen molar-refractivity contribution in [3.8, 4) is 0 Å². The Hall–Kier alpha value is -0.730. The van der Waals surface area contributed by atoms with Gasteiger partial charge in [-0.3, -0.25) is 0 Å². The molecule has 0 spiro atoms. The molecule has 1 aliphatic rings. The zero-order chi connectivity index (χ0) is 15.8. The topological polar surface area (TPSA) is 83.6 Å². The molecule has 1 fully saturated rings. The number of halogens is 1. The predicted octanol–water partition coefficient (Wildman–Crippen LogP) is 1.37. The van der Waals surface area contributed by atoms with Crippen molar-refractivity contribution in [3.05, 3.63) is 28.8 Å². The Morgan fingerprint density at radius 2 is 2.24 bits per heavy atom. The van der Waals surface area contributed by atoms with Crippen LogP contribution in [0.4, 0.5) is 0 Å². The Morgan fingerprint density at radius 1 is 1.57 bits per heavy atom. The molecule has 0 bridgehead atoms. The van der Waals surface area contributed by atoms with Crippen LogP contribution in [0.3, 0.4) is 0 Å². The van der Waals surface area contributed by atoms with Gasteiger partial charge in [-0.1, -0.05) is 29.9 Å². The van der Waals surface area contributed by atoms with Gasteiger partial charge in [0.25, 0.3) is 0 Å². The summed E-state index contributed by atoms with van der Waals surface area (Å²) < 4.78 is 26.6. The summed E-state index contributed by atoms with van der Waals surface area (Å²) in [5, 5.41) is 9.68. The minimum atomic E-state index is -3.67. The molecule has 2 rings (SSSR count). The molecule has 8 heteroatoms. The quantitative estimate of drug-likeness (QED) is 0.803. The van der Waals surface area contributed by atoms with Gasteiger partial charge in [-0.05, 0) is 31.4 Å². The smallest absolute Gasteiger partial charge is 0.244 e. The standard InChI is InChI=1S/C13H17ClN2O3S2/c1-8(17)10-4-5-16(7-10)21(18,19)12-3-2-9(13(15)20)6-11(12)14/h2-3,6,8,10,17H,4-5,7H2,1H3,(H2,15,20). The number of sulfonamides is 1. The van der Waals surface area contributed by atoms with Crippen LogP contribution in [0.5, 0.6) is 0 Å². The summed E-state index contributed by atoms with van der Waals surface area (Å²) in [4.78, 5) is 0.201. The van der Waals surface area contributed by atoms with Crippen LogP contribution in [-0.4, -0.2) is 42.0 Å². The van der Waals surface area contributed by atoms with Crippen molar-refractivity contribution in [1.82, 2.24) is 4.31 Å². The van der Waals surface area contributed by atoms with Gasteiger partial charge >= 0.3 is 0 Å². The SMILES string of the molecule is CC(O)C1CCN(S(=O)(=O)c2ccc(C(N)=S)cc2Cl)C1. The van der Waals surface area contributed by atoms with Crippen LogP contribution < -0.4 is 5.73 Å². The summed E-state index contributed by atoms with van der Waals surface area (Å²) in [6, 6.07) is 4.42. The fraction of sp³-hybridized carbons (Fsp3) is 0.462. The molecule has 0 saturated carbocycles. The van der Waals surface area contributed by atoms with Crippen molar-refractivity contribution in [2.75, 3.05) is 13.1 Å². The highest BCUT2D eigenvalue weighted by atomic mass is 35.5. The second kappa shape index (κ2) is 6.18. The van der Waals surface area contributed by atoms with Crippen LogP contribution in [0.25, 0.3) is 0 Å². The van der Waals surface area contributed by atoms with Gasteiger partial charge in [0.2, 0.25) is 10.0 Å². The third-order valence-corrected chi connectivity index (χ3v) is 6.29. The van der Waals surface area contributed by atoms with E-state index in [1.54, 1.807) is 13.0 Å². The summed E-state index contributed by atoms with van der Waals surface area (Å²) in [6.45, 7) is 2.35. The fourth-order valence-corrected chi connectivity index (χ4v) is 4.53. The average Bonchev–Trinajstić information content (AvgIpc) is 2.88. The van der Waals surface area contributed by atoms with E-state index in [1.807, 2.05) is 0 Å². The third-order valence-electron chi connectivity index (χ3n) is 3.70. The molecule has 0 aliphatic carbocycles.